The number of hydrogen-bond donors (Lipinski definition) is 5. The highest BCUT2D eigenvalue weighted by atomic mass is 32.2. The Morgan fingerprint density at radius 1 is 0.764 bits per heavy atom. The number of methoxy groups -OCH3 is 2. The van der Waals surface area contributed by atoms with Crippen molar-refractivity contribution in [1.29, 1.82) is 5.26 Å². The van der Waals surface area contributed by atoms with E-state index in [0.717, 1.165) is 53.9 Å². The van der Waals surface area contributed by atoms with E-state index in [0.29, 0.717) is 83.0 Å². The van der Waals surface area contributed by atoms with Crippen LogP contribution in [0.25, 0.3) is 0 Å². The molecule has 476 valence electrons. The Hall–Kier alpha value is -6.50. The van der Waals surface area contributed by atoms with E-state index >= 15 is 4.79 Å². The van der Waals surface area contributed by atoms with Gasteiger partial charge < -0.3 is 63.9 Å². The van der Waals surface area contributed by atoms with Gasteiger partial charge in [0.05, 0.1) is 61.8 Å². The van der Waals surface area contributed by atoms with E-state index in [9.17, 15) is 29.2 Å². The molecule has 0 aliphatic carbocycles. The molecule has 11 aliphatic heterocycles. The molecule has 0 aromatic heterocycles. The average molecular weight is 1280 g/mol. The van der Waals surface area contributed by atoms with Gasteiger partial charge in [-0.2, -0.15) is 28.8 Å². The van der Waals surface area contributed by atoms with Crippen molar-refractivity contribution in [3.8, 4) is 46.3 Å². The van der Waals surface area contributed by atoms with Crippen LogP contribution in [0.3, 0.4) is 0 Å². The quantitative estimate of drug-likeness (QED) is 0.0330. The predicted molar refractivity (Wildman–Crippen MR) is 329 cm³/mol. The third-order valence-corrected chi connectivity index (χ3v) is 23.8. The van der Waals surface area contributed by atoms with Crippen LogP contribution in [0.5, 0.6) is 40.2 Å². The van der Waals surface area contributed by atoms with Gasteiger partial charge in [-0.05, 0) is 115 Å². The molecule has 6 unspecified atom stereocenters. The van der Waals surface area contributed by atoms with E-state index in [1.54, 1.807) is 40.0 Å². The van der Waals surface area contributed by atoms with Crippen LogP contribution in [0.1, 0.15) is 134 Å². The highest BCUT2D eigenvalue weighted by molar-refractivity contribution is 8.00. The number of fused-ring (bicyclic) bond motifs is 11. The van der Waals surface area contributed by atoms with Crippen molar-refractivity contribution in [3.05, 3.63) is 62.7 Å². The molecule has 3 aromatic carbocycles. The van der Waals surface area contributed by atoms with Gasteiger partial charge in [0.2, 0.25) is 6.79 Å². The summed E-state index contributed by atoms with van der Waals surface area (Å²) < 4.78 is 56.4. The lowest BCUT2D eigenvalue weighted by molar-refractivity contribution is -0.157. The number of urea groups is 2. The number of esters is 3. The summed E-state index contributed by atoms with van der Waals surface area (Å²) in [6.45, 7) is 8.90. The Labute approximate surface area is 529 Å². The lowest BCUT2D eigenvalue weighted by atomic mass is 9.71. The molecular weight excluding hydrogens is 1200 g/mol. The molecule has 6 fully saturated rings. The van der Waals surface area contributed by atoms with E-state index in [1.807, 2.05) is 44.4 Å². The van der Waals surface area contributed by atoms with Crippen molar-refractivity contribution in [2.75, 3.05) is 58.5 Å². The highest BCUT2D eigenvalue weighted by Crippen LogP contribution is 2.65. The molecule has 5 N–H and O–H groups in total. The standard InChI is InChI=1S/C63H76N8O15S3/c1-29-19-32-20-36-37(23-64)71-38-24-80-58(74)63(33-22-39(78-7)40(21-31(33)17-18-65-63)83-61(77)86-62(3,4)5)27-89-57(47-46(38)55-54(81-28-82-55)30(2)53(47)84-43(72)15-11-9-13-41-48-34(25-87-41)66-59(75)68-48)51(71)50(70(36)6)45(32)56(52(29)79-8)85-44(73)16-12-10-14-42-49-35(26-88-42)67-60(76)69-49/h19,21-22,34-38,41-42,48-51,57,65H,9-18,20,24-28H2,1-8H3,(H2,66,68,75)(H2,67,69,76)/t34?,35?,36-,37-,38-,41-,42?,48?,49?,50+,51?,57+,63+/m0/s1. The maximum Gasteiger partial charge on any atom is 0.514 e. The van der Waals surface area contributed by atoms with E-state index in [2.05, 4.69) is 48.5 Å². The van der Waals surface area contributed by atoms with E-state index < -0.39 is 70.7 Å². The second kappa shape index (κ2) is 24.3. The summed E-state index contributed by atoms with van der Waals surface area (Å²) in [5.41, 5.74) is 3.01. The van der Waals surface area contributed by atoms with E-state index in [4.69, 9.17) is 42.6 Å². The molecule has 13 atom stereocenters. The first-order valence-electron chi connectivity index (χ1n) is 30.8. The number of ether oxygens (including phenoxy) is 9. The molecule has 26 heteroatoms. The first-order valence-corrected chi connectivity index (χ1v) is 33.9. The van der Waals surface area contributed by atoms with Crippen molar-refractivity contribution < 1.29 is 71.4 Å². The van der Waals surface area contributed by atoms with Crippen LogP contribution in [-0.2, 0) is 42.2 Å². The molecular formula is C63H76N8O15S3. The SMILES string of the molecule is COc1cc2c(cc1OC(=O)OC(C)(C)C)CCN[C@]21CS[C@@H]2c3c(OC(=O)CCCC[C@@H]4SCC5NC(=O)NC54)c(C)c4c(c3[C@H](COC1=O)N1C2[C@H]2c3c(cc(C)c(OC)c3OC(=O)CCCCC3SCC5NC(=O)NC53)C[C@@H]([C@@H]1C#N)N2C)OCO4. The zero-order valence-corrected chi connectivity index (χ0v) is 53.6. The van der Waals surface area contributed by atoms with Gasteiger partial charge in [-0.15, -0.1) is 11.8 Å². The highest BCUT2D eigenvalue weighted by Gasteiger charge is 2.62. The number of carbonyl (C=O) groups is 6. The lowest BCUT2D eigenvalue weighted by Gasteiger charge is -2.62. The van der Waals surface area contributed by atoms with Gasteiger partial charge in [0.15, 0.2) is 40.0 Å². The largest absolute Gasteiger partial charge is 0.514 e. The van der Waals surface area contributed by atoms with E-state index in [-0.39, 0.29) is 96.0 Å². The van der Waals surface area contributed by atoms with Gasteiger partial charge in [-0.1, -0.05) is 18.9 Å². The lowest BCUT2D eigenvalue weighted by Crippen LogP contribution is -2.69. The number of piperazine rings is 1. The Morgan fingerprint density at radius 3 is 2.07 bits per heavy atom. The molecule has 1 spiro atoms. The van der Waals surface area contributed by atoms with Crippen molar-refractivity contribution in [3.63, 3.8) is 0 Å². The number of unbranched alkanes of at least 4 members (excludes halogenated alkanes) is 2. The maximum absolute atomic E-state index is 15.6. The molecule has 4 bridgehead atoms. The van der Waals surface area contributed by atoms with Crippen LogP contribution >= 0.6 is 35.3 Å². The molecule has 14 rings (SSSR count). The first-order chi connectivity index (χ1) is 42.8. The molecule has 23 nitrogen and oxygen atoms in total. The molecule has 89 heavy (non-hydrogen) atoms. The van der Waals surface area contributed by atoms with Crippen LogP contribution in [0.2, 0.25) is 0 Å². The molecule has 11 aliphatic rings. The smallest absolute Gasteiger partial charge is 0.493 e. The minimum Gasteiger partial charge on any atom is -0.493 e. The molecule has 6 saturated heterocycles. The Morgan fingerprint density at radius 2 is 1.43 bits per heavy atom. The maximum atomic E-state index is 15.6. The minimum absolute atomic E-state index is 0.0257. The van der Waals surface area contributed by atoms with Crippen LogP contribution < -0.4 is 59.7 Å². The van der Waals surface area contributed by atoms with Gasteiger partial charge in [0.25, 0.3) is 0 Å². The number of likely N-dealkylation sites (N-methyl/N-ethyl adjacent to an activating group) is 1. The number of aryl methyl sites for hydroxylation is 1. The fraction of sp³-hybridized carbons (Fsp3) is 0.603. The summed E-state index contributed by atoms with van der Waals surface area (Å²) in [6.07, 6.45) is 4.34. The fourth-order valence-corrected chi connectivity index (χ4v) is 20.2. The van der Waals surface area contributed by atoms with Gasteiger partial charge in [0, 0.05) is 81.5 Å². The number of rotatable bonds is 15. The predicted octanol–water partition coefficient (Wildman–Crippen LogP) is 7.23. The van der Waals surface area contributed by atoms with Crippen LogP contribution in [-0.4, -0.2) is 163 Å². The minimum atomic E-state index is -1.54. The summed E-state index contributed by atoms with van der Waals surface area (Å²) in [5, 5.41) is 27.2. The first kappa shape index (κ1) is 61.4. The van der Waals surface area contributed by atoms with Gasteiger partial charge in [0.1, 0.15) is 24.0 Å². The zero-order chi connectivity index (χ0) is 62.4. The zero-order valence-electron chi connectivity index (χ0n) is 51.2. The number of nitriles is 1. The Bertz CT molecular complexity index is 3450. The third kappa shape index (κ3) is 11.0. The normalized spacial score (nSPS) is 30.2. The molecule has 0 radical (unpaired) electrons. The van der Waals surface area contributed by atoms with Crippen molar-refractivity contribution in [1.82, 2.24) is 36.4 Å². The number of thioether (sulfide) groups is 3. The van der Waals surface area contributed by atoms with Crippen molar-refractivity contribution >= 4 is 71.4 Å². The van der Waals surface area contributed by atoms with Gasteiger partial charge in [-0.3, -0.25) is 24.7 Å². The number of carbonyl (C=O) groups excluding carboxylic acids is 6. The summed E-state index contributed by atoms with van der Waals surface area (Å²) in [6, 6.07) is 4.72. The summed E-state index contributed by atoms with van der Waals surface area (Å²) in [4.78, 5) is 86.6. The number of benzene rings is 3. The van der Waals surface area contributed by atoms with Crippen molar-refractivity contribution in [2.24, 2.45) is 0 Å². The van der Waals surface area contributed by atoms with Gasteiger partial charge >= 0.3 is 36.1 Å². The van der Waals surface area contributed by atoms with Crippen LogP contribution in [0, 0.1) is 25.2 Å². The number of hydrogen-bond acceptors (Lipinski definition) is 22. The monoisotopic (exact) mass is 1280 g/mol. The molecule has 3 aromatic rings. The molecule has 4 amide bonds. The summed E-state index contributed by atoms with van der Waals surface area (Å²) in [5.74, 6) is 2.29. The Kier molecular flexibility index (Phi) is 16.7. The number of nitrogens with zero attached hydrogens (tertiary/aromatic N) is 3. The fourth-order valence-electron chi connectivity index (χ4n) is 15.4. The summed E-state index contributed by atoms with van der Waals surface area (Å²) in [7, 11) is 5.02. The summed E-state index contributed by atoms with van der Waals surface area (Å²) >= 11 is 5.10. The van der Waals surface area contributed by atoms with E-state index in [1.165, 1.54) is 18.9 Å². The third-order valence-electron chi connectivity index (χ3n) is 19.3. The molecule has 11 heterocycles. The van der Waals surface area contributed by atoms with Gasteiger partial charge in [-0.25, -0.2) is 19.2 Å². The number of amides is 4. The Balaban J connectivity index is 0.902. The molecule has 0 saturated carbocycles. The van der Waals surface area contributed by atoms with Crippen molar-refractivity contribution in [2.45, 2.75) is 180 Å². The topological polar surface area (TPSA) is 276 Å². The number of nitrogens with one attached hydrogen (secondary N) is 5. The second-order valence-corrected chi connectivity index (χ2v) is 29.4. The van der Waals surface area contributed by atoms with Crippen LogP contribution in [0.4, 0.5) is 14.4 Å². The second-order valence-electron chi connectivity index (χ2n) is 25.7. The van der Waals surface area contributed by atoms with Crippen LogP contribution in [0.15, 0.2) is 18.2 Å². The average Bonchev–Trinajstić information content (AvgIpc) is 1.53.